The van der Waals surface area contributed by atoms with Gasteiger partial charge in [0.1, 0.15) is 0 Å². The predicted molar refractivity (Wildman–Crippen MR) is 50.6 cm³/mol. The number of aliphatic hydroxyl groups is 1. The van der Waals surface area contributed by atoms with Crippen LogP contribution in [0.2, 0.25) is 0 Å². The molecule has 0 atom stereocenters. The fourth-order valence-corrected chi connectivity index (χ4v) is 0.847. The van der Waals surface area contributed by atoms with E-state index >= 15 is 0 Å². The summed E-state index contributed by atoms with van der Waals surface area (Å²) in [6.07, 6.45) is 0.837. The average molecular weight is 189 g/mol. The zero-order chi connectivity index (χ0) is 10.3. The molecule has 0 bridgehead atoms. The molecule has 0 amide bonds. The van der Waals surface area contributed by atoms with Gasteiger partial charge in [-0.15, -0.1) is 0 Å². The second-order valence-corrected chi connectivity index (χ2v) is 4.00. The topological polar surface area (TPSA) is 69.6 Å². The van der Waals surface area contributed by atoms with Crippen molar-refractivity contribution >= 4 is 5.97 Å². The quantitative estimate of drug-likeness (QED) is 0.509. The molecule has 4 heteroatoms. The summed E-state index contributed by atoms with van der Waals surface area (Å²) in [7, 11) is 0. The Morgan fingerprint density at radius 2 is 2.08 bits per heavy atom. The van der Waals surface area contributed by atoms with E-state index in [9.17, 15) is 4.79 Å². The van der Waals surface area contributed by atoms with E-state index in [0.29, 0.717) is 19.5 Å². The van der Waals surface area contributed by atoms with Gasteiger partial charge in [0.05, 0.1) is 0 Å². The van der Waals surface area contributed by atoms with E-state index in [2.05, 4.69) is 5.32 Å². The molecule has 0 aliphatic heterocycles. The summed E-state index contributed by atoms with van der Waals surface area (Å²) in [5, 5.41) is 20.4. The molecule has 0 rings (SSSR count). The van der Waals surface area contributed by atoms with Crippen LogP contribution in [0.25, 0.3) is 0 Å². The fraction of sp³-hybridized carbons (Fsp3) is 0.889. The highest BCUT2D eigenvalue weighted by atomic mass is 16.4. The zero-order valence-electron chi connectivity index (χ0n) is 8.34. The first-order chi connectivity index (χ1) is 5.98. The van der Waals surface area contributed by atoms with E-state index in [4.69, 9.17) is 10.2 Å². The molecule has 0 fully saturated rings. The number of hydrogen-bond donors (Lipinski definition) is 3. The van der Waals surface area contributed by atoms with Crippen LogP contribution in [-0.2, 0) is 4.79 Å². The molecule has 78 valence electrons. The van der Waals surface area contributed by atoms with Crippen molar-refractivity contribution in [1.29, 1.82) is 0 Å². The van der Waals surface area contributed by atoms with E-state index < -0.39 is 5.97 Å². The van der Waals surface area contributed by atoms with Crippen molar-refractivity contribution in [2.45, 2.75) is 26.7 Å². The van der Waals surface area contributed by atoms with Crippen molar-refractivity contribution in [2.75, 3.05) is 19.7 Å². The zero-order valence-corrected chi connectivity index (χ0v) is 8.34. The van der Waals surface area contributed by atoms with Gasteiger partial charge in [0, 0.05) is 25.0 Å². The Balaban J connectivity index is 3.30. The molecular weight excluding hydrogens is 170 g/mol. The Bertz CT molecular complexity index is 157. The molecule has 0 heterocycles. The highest BCUT2D eigenvalue weighted by Crippen LogP contribution is 2.10. The number of carbonyl (C=O) groups is 1. The molecule has 0 aromatic carbocycles. The SMILES string of the molecule is CC(C)(CO)CNCCCC(=O)O. The first kappa shape index (κ1) is 12.4. The van der Waals surface area contributed by atoms with E-state index in [-0.39, 0.29) is 18.4 Å². The molecular formula is C9H19NO3. The fourth-order valence-electron chi connectivity index (χ4n) is 0.847. The first-order valence-corrected chi connectivity index (χ1v) is 4.51. The summed E-state index contributed by atoms with van der Waals surface area (Å²) in [5.41, 5.74) is -0.122. The maximum absolute atomic E-state index is 10.1. The molecule has 3 N–H and O–H groups in total. The number of rotatable bonds is 7. The third-order valence-corrected chi connectivity index (χ3v) is 1.78. The van der Waals surface area contributed by atoms with Crippen molar-refractivity contribution in [3.05, 3.63) is 0 Å². The van der Waals surface area contributed by atoms with Crippen molar-refractivity contribution in [3.63, 3.8) is 0 Å². The van der Waals surface area contributed by atoms with Crippen molar-refractivity contribution in [3.8, 4) is 0 Å². The third kappa shape index (κ3) is 7.74. The Labute approximate surface area is 79.0 Å². The molecule has 0 spiro atoms. The second kappa shape index (κ2) is 5.94. The Morgan fingerprint density at radius 1 is 1.46 bits per heavy atom. The molecule has 0 radical (unpaired) electrons. The third-order valence-electron chi connectivity index (χ3n) is 1.78. The van der Waals surface area contributed by atoms with Crippen LogP contribution in [0.3, 0.4) is 0 Å². The van der Waals surface area contributed by atoms with Crippen LogP contribution in [0.15, 0.2) is 0 Å². The maximum atomic E-state index is 10.1. The molecule has 13 heavy (non-hydrogen) atoms. The molecule has 0 aromatic rings. The minimum atomic E-state index is -0.761. The van der Waals surface area contributed by atoms with Crippen molar-refractivity contribution in [2.24, 2.45) is 5.41 Å². The Morgan fingerprint density at radius 3 is 2.54 bits per heavy atom. The highest BCUT2D eigenvalue weighted by Gasteiger charge is 2.14. The van der Waals surface area contributed by atoms with Crippen LogP contribution in [0.4, 0.5) is 0 Å². The van der Waals surface area contributed by atoms with Crippen LogP contribution in [0.5, 0.6) is 0 Å². The molecule has 0 aromatic heterocycles. The summed E-state index contributed by atoms with van der Waals surface area (Å²) in [4.78, 5) is 10.1. The largest absolute Gasteiger partial charge is 0.481 e. The lowest BCUT2D eigenvalue weighted by atomic mass is 9.95. The number of aliphatic carboxylic acids is 1. The standard InChI is InChI=1S/C9H19NO3/c1-9(2,7-11)6-10-5-3-4-8(12)13/h10-11H,3-7H2,1-2H3,(H,12,13). The van der Waals surface area contributed by atoms with Crippen LogP contribution >= 0.6 is 0 Å². The van der Waals surface area contributed by atoms with Gasteiger partial charge in [0.25, 0.3) is 0 Å². The van der Waals surface area contributed by atoms with Gasteiger partial charge >= 0.3 is 5.97 Å². The minimum absolute atomic E-state index is 0.122. The van der Waals surface area contributed by atoms with Crippen molar-refractivity contribution in [1.82, 2.24) is 5.32 Å². The summed E-state index contributed by atoms with van der Waals surface area (Å²) in [6.45, 7) is 5.45. The van der Waals surface area contributed by atoms with Gasteiger partial charge in [0.2, 0.25) is 0 Å². The highest BCUT2D eigenvalue weighted by molar-refractivity contribution is 5.66. The first-order valence-electron chi connectivity index (χ1n) is 4.51. The number of aliphatic hydroxyl groups excluding tert-OH is 1. The van der Waals surface area contributed by atoms with Gasteiger partial charge in [-0.3, -0.25) is 4.79 Å². The minimum Gasteiger partial charge on any atom is -0.481 e. The lowest BCUT2D eigenvalue weighted by molar-refractivity contribution is -0.137. The van der Waals surface area contributed by atoms with Gasteiger partial charge in [-0.2, -0.15) is 0 Å². The second-order valence-electron chi connectivity index (χ2n) is 4.00. The van der Waals surface area contributed by atoms with Crippen molar-refractivity contribution < 1.29 is 15.0 Å². The number of hydrogen-bond acceptors (Lipinski definition) is 3. The van der Waals surface area contributed by atoms with Crippen LogP contribution in [0.1, 0.15) is 26.7 Å². The van der Waals surface area contributed by atoms with Gasteiger partial charge in [0.15, 0.2) is 0 Å². The lowest BCUT2D eigenvalue weighted by Crippen LogP contribution is -2.32. The normalized spacial score (nSPS) is 11.6. The monoisotopic (exact) mass is 189 g/mol. The van der Waals surface area contributed by atoms with Crippen LogP contribution < -0.4 is 5.32 Å². The molecule has 0 aliphatic carbocycles. The molecule has 0 saturated carbocycles. The average Bonchev–Trinajstić information content (AvgIpc) is 2.03. The van der Waals surface area contributed by atoms with Gasteiger partial charge < -0.3 is 15.5 Å². The Kier molecular flexibility index (Phi) is 5.66. The lowest BCUT2D eigenvalue weighted by Gasteiger charge is -2.21. The van der Waals surface area contributed by atoms with E-state index in [1.54, 1.807) is 0 Å². The Hall–Kier alpha value is -0.610. The number of nitrogens with one attached hydrogen (secondary N) is 1. The smallest absolute Gasteiger partial charge is 0.303 e. The van der Waals surface area contributed by atoms with Crippen LogP contribution in [0, 0.1) is 5.41 Å². The molecule has 0 unspecified atom stereocenters. The van der Waals surface area contributed by atoms with Crippen LogP contribution in [-0.4, -0.2) is 35.9 Å². The number of carboxylic acid groups (broad SMARTS) is 1. The summed E-state index contributed by atoms with van der Waals surface area (Å²) < 4.78 is 0. The summed E-state index contributed by atoms with van der Waals surface area (Å²) >= 11 is 0. The number of carboxylic acids is 1. The molecule has 0 saturated heterocycles. The maximum Gasteiger partial charge on any atom is 0.303 e. The molecule has 4 nitrogen and oxygen atoms in total. The van der Waals surface area contributed by atoms with E-state index in [1.807, 2.05) is 13.8 Å². The predicted octanol–water partition coefficient (Wildman–Crippen LogP) is 0.459. The van der Waals surface area contributed by atoms with E-state index in [1.165, 1.54) is 0 Å². The van der Waals surface area contributed by atoms with Gasteiger partial charge in [-0.25, -0.2) is 0 Å². The molecule has 0 aliphatic rings. The summed E-state index contributed by atoms with van der Waals surface area (Å²) in [5.74, 6) is -0.761. The van der Waals surface area contributed by atoms with Gasteiger partial charge in [-0.1, -0.05) is 13.8 Å². The van der Waals surface area contributed by atoms with E-state index in [0.717, 1.165) is 0 Å². The van der Waals surface area contributed by atoms with Gasteiger partial charge in [-0.05, 0) is 13.0 Å². The summed E-state index contributed by atoms with van der Waals surface area (Å²) in [6, 6.07) is 0.